The van der Waals surface area contributed by atoms with Crippen LogP contribution < -0.4 is 11.1 Å². The zero-order valence-corrected chi connectivity index (χ0v) is 12.9. The number of amidine groups is 1. The number of halogens is 2. The van der Waals surface area contributed by atoms with Gasteiger partial charge in [-0.25, -0.2) is 0 Å². The zero-order valence-electron chi connectivity index (χ0n) is 11.4. The number of nitrogens with zero attached hydrogens (tertiary/aromatic N) is 1. The quantitative estimate of drug-likeness (QED) is 0.344. The van der Waals surface area contributed by atoms with E-state index in [9.17, 15) is 4.79 Å². The monoisotopic (exact) mass is 329 g/mol. The van der Waals surface area contributed by atoms with Gasteiger partial charge in [0, 0.05) is 5.02 Å². The van der Waals surface area contributed by atoms with E-state index >= 15 is 0 Å². The highest BCUT2D eigenvalue weighted by atomic mass is 35.5. The summed E-state index contributed by atoms with van der Waals surface area (Å²) in [6, 6.07) is 4.66. The number of carbonyl (C=O) groups is 1. The number of nitrogens with one attached hydrogen (secondary N) is 1. The van der Waals surface area contributed by atoms with Crippen LogP contribution in [-0.2, 0) is 0 Å². The van der Waals surface area contributed by atoms with Gasteiger partial charge in [0.15, 0.2) is 5.84 Å². The maximum absolute atomic E-state index is 12.4. The van der Waals surface area contributed by atoms with Crippen molar-refractivity contribution in [1.29, 1.82) is 0 Å². The fourth-order valence-corrected chi connectivity index (χ4v) is 3.15. The van der Waals surface area contributed by atoms with E-state index in [0.717, 1.165) is 19.3 Å². The first-order valence-electron chi connectivity index (χ1n) is 6.74. The molecule has 0 unspecified atom stereocenters. The van der Waals surface area contributed by atoms with Gasteiger partial charge >= 0.3 is 0 Å². The number of oxime groups is 1. The summed E-state index contributed by atoms with van der Waals surface area (Å²) in [5.74, 6) is -0.328. The number of carbonyl (C=O) groups excluding carboxylic acids is 1. The van der Waals surface area contributed by atoms with Crippen LogP contribution in [0.5, 0.6) is 0 Å². The van der Waals surface area contributed by atoms with Crippen LogP contribution in [0.4, 0.5) is 0 Å². The number of nitrogens with two attached hydrogens (primary N) is 1. The first-order chi connectivity index (χ1) is 9.98. The van der Waals surface area contributed by atoms with Crippen molar-refractivity contribution in [3.63, 3.8) is 0 Å². The normalized spacial score (nSPS) is 18.3. The standard InChI is InChI=1S/C14H17Cl2N3O2/c15-9-4-5-10(11(16)8-9)12(20)18-14(13(17)19-21)6-2-1-3-7-14/h4-5,8,21H,1-3,6-7H2,(H2,17,19)(H,18,20). The van der Waals surface area contributed by atoms with Crippen LogP contribution >= 0.6 is 23.2 Å². The van der Waals surface area contributed by atoms with Crippen LogP contribution in [0.2, 0.25) is 10.0 Å². The minimum Gasteiger partial charge on any atom is -0.409 e. The Hall–Kier alpha value is -1.46. The first-order valence-corrected chi connectivity index (χ1v) is 7.50. The molecular weight excluding hydrogens is 313 g/mol. The van der Waals surface area contributed by atoms with Crippen molar-refractivity contribution in [2.24, 2.45) is 10.9 Å². The highest BCUT2D eigenvalue weighted by Gasteiger charge is 2.38. The molecule has 0 bridgehead atoms. The molecule has 0 atom stereocenters. The van der Waals surface area contributed by atoms with E-state index in [4.69, 9.17) is 34.1 Å². The molecule has 0 aliphatic heterocycles. The maximum Gasteiger partial charge on any atom is 0.253 e. The molecule has 1 saturated carbocycles. The third kappa shape index (κ3) is 3.41. The molecule has 21 heavy (non-hydrogen) atoms. The van der Waals surface area contributed by atoms with Crippen molar-refractivity contribution in [1.82, 2.24) is 5.32 Å². The molecule has 1 aromatic rings. The second-order valence-electron chi connectivity index (χ2n) is 5.21. The molecule has 4 N–H and O–H groups in total. The van der Waals surface area contributed by atoms with Gasteiger partial charge in [0.1, 0.15) is 5.54 Å². The number of benzene rings is 1. The zero-order chi connectivity index (χ0) is 15.5. The molecule has 0 aromatic heterocycles. The Morgan fingerprint density at radius 1 is 1.29 bits per heavy atom. The lowest BCUT2D eigenvalue weighted by atomic mass is 9.80. The third-order valence-corrected chi connectivity index (χ3v) is 4.38. The fraction of sp³-hybridized carbons (Fsp3) is 0.429. The topological polar surface area (TPSA) is 87.7 Å². The van der Waals surface area contributed by atoms with E-state index in [0.29, 0.717) is 23.4 Å². The maximum atomic E-state index is 12.4. The largest absolute Gasteiger partial charge is 0.409 e. The van der Waals surface area contributed by atoms with Crippen molar-refractivity contribution in [2.75, 3.05) is 0 Å². The van der Waals surface area contributed by atoms with E-state index < -0.39 is 5.54 Å². The molecule has 2 rings (SSSR count). The van der Waals surface area contributed by atoms with Crippen LogP contribution in [0, 0.1) is 0 Å². The molecule has 114 valence electrons. The second-order valence-corrected chi connectivity index (χ2v) is 6.05. The SMILES string of the molecule is N/C(=N/O)C1(NC(=O)c2ccc(Cl)cc2Cl)CCCCC1. The molecule has 5 nitrogen and oxygen atoms in total. The average Bonchev–Trinajstić information content (AvgIpc) is 2.47. The van der Waals surface area contributed by atoms with E-state index in [1.165, 1.54) is 6.07 Å². The molecule has 0 saturated heterocycles. The Morgan fingerprint density at radius 2 is 1.95 bits per heavy atom. The lowest BCUT2D eigenvalue weighted by molar-refractivity contribution is 0.0906. The highest BCUT2D eigenvalue weighted by Crippen LogP contribution is 2.30. The number of amides is 1. The van der Waals surface area contributed by atoms with Crippen LogP contribution in [0.15, 0.2) is 23.4 Å². The smallest absolute Gasteiger partial charge is 0.253 e. The summed E-state index contributed by atoms with van der Waals surface area (Å²) < 4.78 is 0. The van der Waals surface area contributed by atoms with Crippen LogP contribution in [0.25, 0.3) is 0 Å². The summed E-state index contributed by atoms with van der Waals surface area (Å²) in [4.78, 5) is 12.4. The number of hydrogen-bond donors (Lipinski definition) is 3. The van der Waals surface area contributed by atoms with Gasteiger partial charge in [-0.1, -0.05) is 47.6 Å². The van der Waals surface area contributed by atoms with Gasteiger partial charge in [0.25, 0.3) is 5.91 Å². The van der Waals surface area contributed by atoms with E-state index in [1.807, 2.05) is 0 Å². The van der Waals surface area contributed by atoms with E-state index in [1.54, 1.807) is 12.1 Å². The molecule has 1 aliphatic carbocycles. The van der Waals surface area contributed by atoms with E-state index in [2.05, 4.69) is 10.5 Å². The van der Waals surface area contributed by atoms with Gasteiger partial charge in [0.05, 0.1) is 10.6 Å². The predicted molar refractivity (Wildman–Crippen MR) is 83.2 cm³/mol. The highest BCUT2D eigenvalue weighted by molar-refractivity contribution is 6.36. The lowest BCUT2D eigenvalue weighted by Crippen LogP contribution is -2.58. The summed E-state index contributed by atoms with van der Waals surface area (Å²) in [6.45, 7) is 0. The van der Waals surface area contributed by atoms with E-state index in [-0.39, 0.29) is 16.8 Å². The molecule has 0 spiro atoms. The Bertz CT molecular complexity index is 569. The molecule has 0 heterocycles. The summed E-state index contributed by atoms with van der Waals surface area (Å²) >= 11 is 11.9. The molecule has 1 amide bonds. The predicted octanol–water partition coefficient (Wildman–Crippen LogP) is 3.17. The van der Waals surface area contributed by atoms with Gasteiger partial charge in [0.2, 0.25) is 0 Å². The van der Waals surface area contributed by atoms with Crippen molar-refractivity contribution in [3.05, 3.63) is 33.8 Å². The van der Waals surface area contributed by atoms with Crippen molar-refractivity contribution < 1.29 is 10.0 Å². The minimum absolute atomic E-state index is 0.0284. The third-order valence-electron chi connectivity index (χ3n) is 3.83. The average molecular weight is 330 g/mol. The molecule has 0 radical (unpaired) electrons. The Balaban J connectivity index is 2.26. The van der Waals surface area contributed by atoms with Gasteiger partial charge < -0.3 is 16.3 Å². The van der Waals surface area contributed by atoms with Crippen molar-refractivity contribution in [2.45, 2.75) is 37.6 Å². The fourth-order valence-electron chi connectivity index (χ4n) is 2.65. The van der Waals surface area contributed by atoms with Crippen LogP contribution in [0.3, 0.4) is 0 Å². The van der Waals surface area contributed by atoms with Crippen LogP contribution in [0.1, 0.15) is 42.5 Å². The van der Waals surface area contributed by atoms with Gasteiger partial charge in [-0.2, -0.15) is 0 Å². The Kier molecular flexibility index (Phi) is 4.96. The molecule has 7 heteroatoms. The number of rotatable bonds is 3. The van der Waals surface area contributed by atoms with Crippen molar-refractivity contribution in [3.8, 4) is 0 Å². The van der Waals surface area contributed by atoms with Gasteiger partial charge in [-0.3, -0.25) is 4.79 Å². The van der Waals surface area contributed by atoms with Gasteiger partial charge in [-0.15, -0.1) is 0 Å². The minimum atomic E-state index is -0.812. The van der Waals surface area contributed by atoms with Gasteiger partial charge in [-0.05, 0) is 31.0 Å². The lowest BCUT2D eigenvalue weighted by Gasteiger charge is -2.36. The molecule has 1 aliphatic rings. The summed E-state index contributed by atoms with van der Waals surface area (Å²) in [5, 5.41) is 15.7. The van der Waals surface area contributed by atoms with Crippen LogP contribution in [-0.4, -0.2) is 22.5 Å². The molecular formula is C14H17Cl2N3O2. The Morgan fingerprint density at radius 3 is 2.52 bits per heavy atom. The number of hydrogen-bond acceptors (Lipinski definition) is 3. The van der Waals surface area contributed by atoms with Crippen molar-refractivity contribution >= 4 is 34.9 Å². The summed E-state index contributed by atoms with van der Waals surface area (Å²) in [5.41, 5.74) is 5.31. The first kappa shape index (κ1) is 15.9. The Labute approximate surface area is 133 Å². The summed E-state index contributed by atoms with van der Waals surface area (Å²) in [6.07, 6.45) is 4.16. The second kappa shape index (κ2) is 6.54. The molecule has 1 aromatic carbocycles. The summed E-state index contributed by atoms with van der Waals surface area (Å²) in [7, 11) is 0. The molecule has 1 fully saturated rings.